The number of carbonyl (C=O) groups is 3. The summed E-state index contributed by atoms with van der Waals surface area (Å²) >= 11 is 0. The van der Waals surface area contributed by atoms with Crippen LogP contribution in [0.2, 0.25) is 0 Å². The van der Waals surface area contributed by atoms with E-state index >= 15 is 0 Å². The van der Waals surface area contributed by atoms with Crippen LogP contribution in [0, 0.1) is 12.3 Å². The van der Waals surface area contributed by atoms with Crippen LogP contribution < -0.4 is 21.3 Å². The molecule has 13 heteroatoms. The van der Waals surface area contributed by atoms with Crippen molar-refractivity contribution in [3.8, 4) is 12.3 Å². The van der Waals surface area contributed by atoms with Gasteiger partial charge in [0.25, 0.3) is 11.8 Å². The average molecular weight is 636 g/mol. The van der Waals surface area contributed by atoms with Gasteiger partial charge in [-0.1, -0.05) is 24.1 Å². The number of hydrogen-bond donors (Lipinski definition) is 4. The van der Waals surface area contributed by atoms with Gasteiger partial charge < -0.3 is 31.6 Å². The van der Waals surface area contributed by atoms with Crippen LogP contribution in [0.3, 0.4) is 0 Å². The summed E-state index contributed by atoms with van der Waals surface area (Å²) in [6.45, 7) is 5.26. The topological polar surface area (TPSA) is 210 Å². The molecule has 0 saturated heterocycles. The molecule has 0 unspecified atom stereocenters. The lowest BCUT2D eigenvalue weighted by molar-refractivity contribution is 0.0635. The number of hydrogen-bond acceptors (Lipinski definition) is 8. The molecule has 8 N–H and O–H groups in total. The van der Waals surface area contributed by atoms with Crippen molar-refractivity contribution in [2.45, 2.75) is 26.4 Å². The third-order valence-corrected chi connectivity index (χ3v) is 6.25. The van der Waals surface area contributed by atoms with Crippen LogP contribution in [0.5, 0.6) is 0 Å². The number of nitrogens with zero attached hydrogens (tertiary/aromatic N) is 3. The molecule has 2 aromatic heterocycles. The van der Waals surface area contributed by atoms with Gasteiger partial charge in [-0.25, -0.2) is 14.8 Å². The van der Waals surface area contributed by atoms with Gasteiger partial charge in [0, 0.05) is 28.5 Å². The van der Waals surface area contributed by atoms with Crippen molar-refractivity contribution in [2.24, 2.45) is 0 Å². The van der Waals surface area contributed by atoms with Crippen molar-refractivity contribution in [1.29, 1.82) is 0 Å². The number of aromatic nitrogens is 3. The summed E-state index contributed by atoms with van der Waals surface area (Å²) in [5.74, 6) is 2.20. The Bertz CT molecular complexity index is 1950. The van der Waals surface area contributed by atoms with E-state index < -0.39 is 23.5 Å². The summed E-state index contributed by atoms with van der Waals surface area (Å²) in [6, 6.07) is 22.3. The van der Waals surface area contributed by atoms with Gasteiger partial charge in [0.05, 0.1) is 22.5 Å². The fourth-order valence-corrected chi connectivity index (χ4v) is 4.22. The lowest BCUT2D eigenvalue weighted by atomic mass is 10.1. The predicted octanol–water partition coefficient (Wildman–Crippen LogP) is 4.95. The molecule has 2 heterocycles. The minimum atomic E-state index is -0.682. The molecule has 0 radical (unpaired) electrons. The predicted molar refractivity (Wildman–Crippen MR) is 181 cm³/mol. The van der Waals surface area contributed by atoms with Crippen molar-refractivity contribution >= 4 is 57.4 Å². The molecule has 3 amide bonds. The number of benzene rings is 3. The van der Waals surface area contributed by atoms with E-state index in [9.17, 15) is 14.4 Å². The highest BCUT2D eigenvalue weighted by Crippen LogP contribution is 2.27. The number of nitrogens with one attached hydrogen (secondary N) is 4. The summed E-state index contributed by atoms with van der Waals surface area (Å²) in [5, 5.41) is 12.2. The van der Waals surface area contributed by atoms with Gasteiger partial charge >= 0.3 is 6.09 Å². The zero-order valence-electron chi connectivity index (χ0n) is 25.7. The van der Waals surface area contributed by atoms with Gasteiger partial charge in [0.1, 0.15) is 23.4 Å². The number of fused-ring (bicyclic) bond motifs is 1. The molecule has 13 nitrogen and oxygen atoms in total. The lowest BCUT2D eigenvalue weighted by Gasteiger charge is -2.20. The molecule has 0 atom stereocenters. The molecule has 0 fully saturated rings. The van der Waals surface area contributed by atoms with Crippen LogP contribution in [-0.4, -0.2) is 49.4 Å². The van der Waals surface area contributed by atoms with Crippen LogP contribution in [0.15, 0.2) is 91.4 Å². The third-order valence-electron chi connectivity index (χ3n) is 6.25. The Balaban J connectivity index is 0.00000300. The third kappa shape index (κ3) is 9.08. The van der Waals surface area contributed by atoms with Crippen LogP contribution in [0.1, 0.15) is 47.2 Å². The highest BCUT2D eigenvalue weighted by Gasteiger charge is 2.18. The normalized spacial score (nSPS) is 10.3. The molecule has 5 rings (SSSR count). The Morgan fingerprint density at radius 1 is 0.766 bits per heavy atom. The first-order valence-corrected chi connectivity index (χ1v) is 13.8. The number of para-hydroxylation sites is 2. The van der Waals surface area contributed by atoms with Crippen molar-refractivity contribution in [1.82, 2.24) is 15.0 Å². The number of ether oxygens (including phenoxy) is 1. The highest BCUT2D eigenvalue weighted by molar-refractivity contribution is 6.08. The molecular formula is C34H33N7O6. The molecule has 47 heavy (non-hydrogen) atoms. The molecule has 5 aromatic rings. The maximum absolute atomic E-state index is 13.0. The fraction of sp³-hybridized carbons (Fsp3) is 0.118. The van der Waals surface area contributed by atoms with Crippen molar-refractivity contribution in [2.75, 3.05) is 21.3 Å². The summed E-state index contributed by atoms with van der Waals surface area (Å²) in [4.78, 5) is 51.1. The van der Waals surface area contributed by atoms with E-state index in [1.54, 1.807) is 63.2 Å². The van der Waals surface area contributed by atoms with E-state index in [1.807, 2.05) is 24.3 Å². The van der Waals surface area contributed by atoms with E-state index in [2.05, 4.69) is 42.1 Å². The molecule has 0 saturated carbocycles. The molecule has 0 aliphatic carbocycles. The summed E-state index contributed by atoms with van der Waals surface area (Å²) in [5.41, 5.74) is 3.03. The maximum atomic E-state index is 13.0. The zero-order valence-corrected chi connectivity index (χ0v) is 25.7. The summed E-state index contributed by atoms with van der Waals surface area (Å²) < 4.78 is 5.29. The van der Waals surface area contributed by atoms with Crippen LogP contribution in [0.4, 0.5) is 33.4 Å². The van der Waals surface area contributed by atoms with E-state index in [4.69, 9.17) is 11.2 Å². The maximum Gasteiger partial charge on any atom is 0.412 e. The average Bonchev–Trinajstić information content (AvgIpc) is 3.01. The number of amides is 3. The highest BCUT2D eigenvalue weighted by atomic mass is 16.6. The first-order valence-electron chi connectivity index (χ1n) is 13.8. The zero-order chi connectivity index (χ0) is 32.0. The number of terminal acetylenes is 1. The number of rotatable bonds is 7. The van der Waals surface area contributed by atoms with Crippen molar-refractivity contribution in [3.05, 3.63) is 108 Å². The van der Waals surface area contributed by atoms with Gasteiger partial charge in [-0.2, -0.15) is 0 Å². The number of anilines is 5. The van der Waals surface area contributed by atoms with Gasteiger partial charge in [0.15, 0.2) is 0 Å². The molecule has 240 valence electrons. The smallest absolute Gasteiger partial charge is 0.412 e. The largest absolute Gasteiger partial charge is 0.444 e. The first kappa shape index (κ1) is 35.1. The standard InChI is InChI=1S/C34H29N7O4.2H2O/c1-5-21-9-8-10-23(17-21)38-30-25-18-24(14-16-26(25)36-20-37-30)39-31(42)22-13-15-29(35-19-22)32(43)40-27-11-6-7-12-28(27)41-33(44)45-34(2,3)4;;/h1,6-20H,2-4H3,(H,39,42)(H,40,43)(H,41,44)(H,36,37,38);2*1H2. The van der Waals surface area contributed by atoms with Crippen LogP contribution in [-0.2, 0) is 4.74 Å². The van der Waals surface area contributed by atoms with E-state index in [0.717, 1.165) is 11.3 Å². The van der Waals surface area contributed by atoms with E-state index in [-0.39, 0.29) is 22.2 Å². The van der Waals surface area contributed by atoms with E-state index in [1.165, 1.54) is 24.7 Å². The molecule has 0 aliphatic rings. The lowest BCUT2D eigenvalue weighted by Crippen LogP contribution is -2.27. The van der Waals surface area contributed by atoms with Crippen LogP contribution in [0.25, 0.3) is 10.9 Å². The molecular weight excluding hydrogens is 602 g/mol. The van der Waals surface area contributed by atoms with Crippen molar-refractivity contribution in [3.63, 3.8) is 0 Å². The molecule has 0 aliphatic heterocycles. The van der Waals surface area contributed by atoms with E-state index in [0.29, 0.717) is 33.8 Å². The fourth-order valence-electron chi connectivity index (χ4n) is 4.22. The van der Waals surface area contributed by atoms with Gasteiger partial charge in [-0.3, -0.25) is 19.9 Å². The van der Waals surface area contributed by atoms with Gasteiger partial charge in [-0.15, -0.1) is 6.42 Å². The Labute approximate surface area is 270 Å². The molecule has 3 aromatic carbocycles. The monoisotopic (exact) mass is 635 g/mol. The second-order valence-electron chi connectivity index (χ2n) is 10.8. The first-order chi connectivity index (χ1) is 21.6. The van der Waals surface area contributed by atoms with Crippen molar-refractivity contribution < 1.29 is 30.1 Å². The minimum absolute atomic E-state index is 0. The van der Waals surface area contributed by atoms with Gasteiger partial charge in [-0.05, 0) is 81.4 Å². The molecule has 0 spiro atoms. The Morgan fingerprint density at radius 2 is 1.51 bits per heavy atom. The summed E-state index contributed by atoms with van der Waals surface area (Å²) in [7, 11) is 0. The number of carbonyl (C=O) groups excluding carboxylic acids is 3. The number of pyridine rings is 1. The SMILES string of the molecule is C#Cc1cccc(Nc2ncnc3ccc(NC(=O)c4ccc(C(=O)Nc5ccccc5NC(=O)OC(C)(C)C)nc4)cc23)c1.O.O. The Morgan fingerprint density at radius 3 is 2.19 bits per heavy atom. The minimum Gasteiger partial charge on any atom is -0.444 e. The van der Waals surface area contributed by atoms with Crippen LogP contribution >= 0.6 is 0 Å². The summed E-state index contributed by atoms with van der Waals surface area (Å²) in [6.07, 6.45) is 7.63. The molecule has 0 bridgehead atoms. The van der Waals surface area contributed by atoms with Gasteiger partial charge in [0.2, 0.25) is 0 Å². The second kappa shape index (κ2) is 15.1. The Kier molecular flexibility index (Phi) is 11.3. The Hall–Kier alpha value is -6.36. The second-order valence-corrected chi connectivity index (χ2v) is 10.8. The quantitative estimate of drug-likeness (QED) is 0.179.